The molecular formula is C17H18N2O4. The normalized spacial score (nSPS) is 20.7. The first-order valence-corrected chi connectivity index (χ1v) is 7.46. The SMILES string of the molecule is Cc1oc(-c2ccccc2)nc1C(=O)N1CCC(C)(C(=O)O)C1. The Morgan fingerprint density at radius 1 is 1.30 bits per heavy atom. The zero-order valence-electron chi connectivity index (χ0n) is 13.1. The topological polar surface area (TPSA) is 83.6 Å². The fraction of sp³-hybridized carbons (Fsp3) is 0.353. The molecule has 1 aliphatic heterocycles. The average Bonchev–Trinajstić information content (AvgIpc) is 3.12. The third-order valence-corrected chi connectivity index (χ3v) is 4.30. The summed E-state index contributed by atoms with van der Waals surface area (Å²) in [6.07, 6.45) is 0.441. The molecule has 120 valence electrons. The number of hydrogen-bond donors (Lipinski definition) is 1. The van der Waals surface area contributed by atoms with Gasteiger partial charge in [-0.05, 0) is 32.4 Å². The molecule has 6 nitrogen and oxygen atoms in total. The van der Waals surface area contributed by atoms with Gasteiger partial charge < -0.3 is 14.4 Å². The van der Waals surface area contributed by atoms with E-state index < -0.39 is 11.4 Å². The summed E-state index contributed by atoms with van der Waals surface area (Å²) in [7, 11) is 0. The summed E-state index contributed by atoms with van der Waals surface area (Å²) in [6, 6.07) is 9.35. The van der Waals surface area contributed by atoms with E-state index in [4.69, 9.17) is 4.42 Å². The van der Waals surface area contributed by atoms with Crippen LogP contribution in [0.1, 0.15) is 29.6 Å². The average molecular weight is 314 g/mol. The van der Waals surface area contributed by atoms with Crippen molar-refractivity contribution in [3.63, 3.8) is 0 Å². The molecule has 6 heteroatoms. The van der Waals surface area contributed by atoms with Gasteiger partial charge >= 0.3 is 5.97 Å². The second-order valence-corrected chi connectivity index (χ2v) is 6.13. The summed E-state index contributed by atoms with van der Waals surface area (Å²) in [6.45, 7) is 3.95. The van der Waals surface area contributed by atoms with Crippen LogP contribution in [0.3, 0.4) is 0 Å². The first-order valence-electron chi connectivity index (χ1n) is 7.46. The maximum atomic E-state index is 12.6. The maximum absolute atomic E-state index is 12.6. The molecule has 2 heterocycles. The molecule has 1 aliphatic rings. The highest BCUT2D eigenvalue weighted by Crippen LogP contribution is 2.32. The Balaban J connectivity index is 1.84. The van der Waals surface area contributed by atoms with E-state index in [2.05, 4.69) is 4.98 Å². The van der Waals surface area contributed by atoms with Crippen LogP contribution in [-0.4, -0.2) is 40.0 Å². The number of carbonyl (C=O) groups excluding carboxylic acids is 1. The zero-order chi connectivity index (χ0) is 16.6. The highest BCUT2D eigenvalue weighted by molar-refractivity contribution is 5.94. The Kier molecular flexibility index (Phi) is 3.67. The van der Waals surface area contributed by atoms with Gasteiger partial charge in [0.25, 0.3) is 5.91 Å². The third-order valence-electron chi connectivity index (χ3n) is 4.30. The summed E-state index contributed by atoms with van der Waals surface area (Å²) in [5.41, 5.74) is 0.153. The van der Waals surface area contributed by atoms with E-state index >= 15 is 0 Å². The number of oxazole rings is 1. The summed E-state index contributed by atoms with van der Waals surface area (Å²) >= 11 is 0. The first-order chi connectivity index (χ1) is 10.9. The number of aliphatic carboxylic acids is 1. The third kappa shape index (κ3) is 2.72. The quantitative estimate of drug-likeness (QED) is 0.941. The van der Waals surface area contributed by atoms with Gasteiger partial charge in [0.2, 0.25) is 5.89 Å². The number of carbonyl (C=O) groups is 2. The highest BCUT2D eigenvalue weighted by atomic mass is 16.4. The van der Waals surface area contributed by atoms with E-state index in [0.717, 1.165) is 5.56 Å². The van der Waals surface area contributed by atoms with Crippen molar-refractivity contribution in [2.75, 3.05) is 13.1 Å². The maximum Gasteiger partial charge on any atom is 0.311 e. The van der Waals surface area contributed by atoms with Crippen molar-refractivity contribution in [3.8, 4) is 11.5 Å². The van der Waals surface area contributed by atoms with Gasteiger partial charge in [-0.3, -0.25) is 9.59 Å². The number of rotatable bonds is 3. The molecule has 2 aromatic rings. The fourth-order valence-corrected chi connectivity index (χ4v) is 2.76. The molecule has 0 saturated carbocycles. The van der Waals surface area contributed by atoms with E-state index in [0.29, 0.717) is 24.6 Å². The van der Waals surface area contributed by atoms with E-state index in [9.17, 15) is 14.7 Å². The standard InChI is InChI=1S/C17H18N2O4/c1-11-13(18-14(23-11)12-6-4-3-5-7-12)15(20)19-9-8-17(2,10-19)16(21)22/h3-7H,8-10H2,1-2H3,(H,21,22). The molecule has 1 N–H and O–H groups in total. The summed E-state index contributed by atoms with van der Waals surface area (Å²) in [4.78, 5) is 29.8. The fourth-order valence-electron chi connectivity index (χ4n) is 2.76. The van der Waals surface area contributed by atoms with Crippen molar-refractivity contribution < 1.29 is 19.1 Å². The van der Waals surface area contributed by atoms with Gasteiger partial charge in [0.15, 0.2) is 5.69 Å². The zero-order valence-corrected chi connectivity index (χ0v) is 13.1. The summed E-state index contributed by atoms with van der Waals surface area (Å²) in [5, 5.41) is 9.28. The first kappa shape index (κ1) is 15.3. The smallest absolute Gasteiger partial charge is 0.311 e. The molecule has 0 bridgehead atoms. The summed E-state index contributed by atoms with van der Waals surface area (Å²) in [5.74, 6) is -0.322. The van der Waals surface area contributed by atoms with Crippen molar-refractivity contribution in [3.05, 3.63) is 41.8 Å². The van der Waals surface area contributed by atoms with Crippen LogP contribution < -0.4 is 0 Å². The molecule has 1 amide bonds. The Morgan fingerprint density at radius 2 is 2.00 bits per heavy atom. The van der Waals surface area contributed by atoms with E-state index in [1.807, 2.05) is 30.3 Å². The van der Waals surface area contributed by atoms with Gasteiger partial charge in [0, 0.05) is 18.7 Å². The highest BCUT2D eigenvalue weighted by Gasteiger charge is 2.43. The van der Waals surface area contributed by atoms with E-state index in [1.165, 1.54) is 4.90 Å². The monoisotopic (exact) mass is 314 g/mol. The largest absolute Gasteiger partial charge is 0.481 e. The molecule has 0 radical (unpaired) electrons. The predicted molar refractivity (Wildman–Crippen MR) is 82.9 cm³/mol. The lowest BCUT2D eigenvalue weighted by Crippen LogP contribution is -2.35. The minimum atomic E-state index is -0.893. The Labute approximate surface area is 133 Å². The lowest BCUT2D eigenvalue weighted by atomic mass is 9.90. The lowest BCUT2D eigenvalue weighted by Gasteiger charge is -2.19. The van der Waals surface area contributed by atoms with Crippen LogP contribution in [0, 0.1) is 12.3 Å². The molecule has 0 aliphatic carbocycles. The number of nitrogens with zero attached hydrogens (tertiary/aromatic N) is 2. The molecular weight excluding hydrogens is 296 g/mol. The molecule has 1 atom stereocenters. The van der Waals surface area contributed by atoms with Gasteiger partial charge in [-0.1, -0.05) is 18.2 Å². The number of hydrogen-bond acceptors (Lipinski definition) is 4. The predicted octanol–water partition coefficient (Wildman–Crippen LogP) is 2.59. The Bertz CT molecular complexity index is 753. The lowest BCUT2D eigenvalue weighted by molar-refractivity contribution is -0.147. The molecule has 1 saturated heterocycles. The number of carboxylic acids is 1. The molecule has 3 rings (SSSR count). The number of carboxylic acid groups (broad SMARTS) is 1. The van der Waals surface area contributed by atoms with Crippen LogP contribution in [0.2, 0.25) is 0 Å². The van der Waals surface area contributed by atoms with Gasteiger partial charge in [0.1, 0.15) is 5.76 Å². The molecule has 1 aromatic heterocycles. The second-order valence-electron chi connectivity index (χ2n) is 6.13. The van der Waals surface area contributed by atoms with Gasteiger partial charge in [-0.15, -0.1) is 0 Å². The van der Waals surface area contributed by atoms with Crippen molar-refractivity contribution in [1.29, 1.82) is 0 Å². The van der Waals surface area contributed by atoms with Crippen LogP contribution >= 0.6 is 0 Å². The van der Waals surface area contributed by atoms with Gasteiger partial charge in [-0.25, -0.2) is 4.98 Å². The van der Waals surface area contributed by atoms with Crippen LogP contribution in [0.5, 0.6) is 0 Å². The molecule has 1 fully saturated rings. The van der Waals surface area contributed by atoms with Crippen LogP contribution in [0.25, 0.3) is 11.5 Å². The minimum Gasteiger partial charge on any atom is -0.481 e. The van der Waals surface area contributed by atoms with Crippen molar-refractivity contribution in [2.24, 2.45) is 5.41 Å². The van der Waals surface area contributed by atoms with Gasteiger partial charge in [-0.2, -0.15) is 0 Å². The van der Waals surface area contributed by atoms with Crippen molar-refractivity contribution in [1.82, 2.24) is 9.88 Å². The molecule has 1 aromatic carbocycles. The van der Waals surface area contributed by atoms with Gasteiger partial charge in [0.05, 0.1) is 5.41 Å². The van der Waals surface area contributed by atoms with Crippen LogP contribution in [0.15, 0.2) is 34.7 Å². The van der Waals surface area contributed by atoms with E-state index in [-0.39, 0.29) is 18.1 Å². The second kappa shape index (κ2) is 5.53. The Morgan fingerprint density at radius 3 is 2.61 bits per heavy atom. The van der Waals surface area contributed by atoms with E-state index in [1.54, 1.807) is 13.8 Å². The number of aromatic nitrogens is 1. The van der Waals surface area contributed by atoms with Crippen molar-refractivity contribution in [2.45, 2.75) is 20.3 Å². The molecule has 0 spiro atoms. The van der Waals surface area contributed by atoms with Crippen molar-refractivity contribution >= 4 is 11.9 Å². The number of benzene rings is 1. The minimum absolute atomic E-state index is 0.189. The number of aryl methyl sites for hydroxylation is 1. The summed E-state index contributed by atoms with van der Waals surface area (Å²) < 4.78 is 5.61. The number of amides is 1. The van der Waals surface area contributed by atoms with Crippen LogP contribution in [-0.2, 0) is 4.79 Å². The molecule has 23 heavy (non-hydrogen) atoms. The number of likely N-dealkylation sites (tertiary alicyclic amines) is 1. The van der Waals surface area contributed by atoms with Crippen LogP contribution in [0.4, 0.5) is 0 Å². The Hall–Kier alpha value is -2.63. The molecule has 1 unspecified atom stereocenters.